The van der Waals surface area contributed by atoms with Crippen LogP contribution in [0, 0.1) is 6.92 Å². The van der Waals surface area contributed by atoms with Crippen LogP contribution < -0.4 is 5.73 Å². The quantitative estimate of drug-likeness (QED) is 0.864. The van der Waals surface area contributed by atoms with E-state index >= 15 is 0 Å². The van der Waals surface area contributed by atoms with Gasteiger partial charge < -0.3 is 5.73 Å². The second-order valence-corrected chi connectivity index (χ2v) is 7.85. The highest BCUT2D eigenvalue weighted by atomic mass is 32.2. The molecule has 0 saturated heterocycles. The highest BCUT2D eigenvalue weighted by Gasteiger charge is 2.14. The molecule has 0 amide bonds. The number of nitrogen functional groups attached to an aromatic ring is 1. The first-order chi connectivity index (χ1) is 9.79. The van der Waals surface area contributed by atoms with Crippen LogP contribution in [0.5, 0.6) is 0 Å². The van der Waals surface area contributed by atoms with Crippen molar-refractivity contribution in [2.24, 2.45) is 0 Å². The maximum Gasteiger partial charge on any atom is 0.0574 e. The van der Waals surface area contributed by atoms with Gasteiger partial charge in [0, 0.05) is 10.6 Å². The van der Waals surface area contributed by atoms with Crippen molar-refractivity contribution in [1.82, 2.24) is 0 Å². The zero-order chi connectivity index (χ0) is 15.6. The van der Waals surface area contributed by atoms with Gasteiger partial charge in [-0.2, -0.15) is 0 Å². The van der Waals surface area contributed by atoms with Gasteiger partial charge in [0.25, 0.3) is 0 Å². The number of benzene rings is 2. The van der Waals surface area contributed by atoms with Gasteiger partial charge in [-0.05, 0) is 47.2 Å². The van der Waals surface area contributed by atoms with Crippen molar-refractivity contribution in [1.29, 1.82) is 0 Å². The molecule has 2 N–H and O–H groups in total. The lowest BCUT2D eigenvalue weighted by molar-refractivity contribution is 0.589. The Balaban J connectivity index is 2.19. The van der Waals surface area contributed by atoms with Crippen LogP contribution in [-0.4, -0.2) is 4.21 Å². The van der Waals surface area contributed by atoms with Gasteiger partial charge in [0.05, 0.1) is 16.6 Å². The van der Waals surface area contributed by atoms with E-state index in [1.165, 1.54) is 5.56 Å². The first-order valence-corrected chi connectivity index (χ1v) is 8.44. The molecule has 0 radical (unpaired) electrons. The molecule has 0 spiro atoms. The first-order valence-electron chi connectivity index (χ1n) is 7.12. The molecule has 0 aliphatic heterocycles. The summed E-state index contributed by atoms with van der Waals surface area (Å²) >= 11 is 0. The summed E-state index contributed by atoms with van der Waals surface area (Å²) < 4.78 is 12.5. The molecule has 112 valence electrons. The fourth-order valence-electron chi connectivity index (χ4n) is 2.19. The average molecular weight is 301 g/mol. The van der Waals surface area contributed by atoms with Crippen LogP contribution in [0.1, 0.15) is 37.5 Å². The second kappa shape index (κ2) is 6.02. The van der Waals surface area contributed by atoms with Crippen molar-refractivity contribution >= 4 is 16.5 Å². The maximum atomic E-state index is 12.5. The molecule has 0 aromatic heterocycles. The molecule has 3 heteroatoms. The Morgan fingerprint density at radius 2 is 1.67 bits per heavy atom. The molecule has 0 saturated carbocycles. The molecule has 2 nitrogen and oxygen atoms in total. The monoisotopic (exact) mass is 301 g/mol. The summed E-state index contributed by atoms with van der Waals surface area (Å²) in [6, 6.07) is 13.9. The summed E-state index contributed by atoms with van der Waals surface area (Å²) in [5.41, 5.74) is 10.1. The van der Waals surface area contributed by atoms with Crippen molar-refractivity contribution in [3.05, 3.63) is 59.2 Å². The lowest BCUT2D eigenvalue weighted by Gasteiger charge is -2.19. The van der Waals surface area contributed by atoms with E-state index < -0.39 is 10.8 Å². The van der Waals surface area contributed by atoms with Gasteiger partial charge >= 0.3 is 0 Å². The van der Waals surface area contributed by atoms with Crippen LogP contribution in [0.2, 0.25) is 0 Å². The summed E-state index contributed by atoms with van der Waals surface area (Å²) in [5.74, 6) is 0.506. The minimum atomic E-state index is -1.04. The standard InChI is InChI=1S/C18H23NOS/c1-13-14(6-5-7-17(13)19)12-21(20)16-10-8-15(9-11-16)18(2,3)4/h5-11H,12,19H2,1-4H3. The van der Waals surface area contributed by atoms with E-state index in [0.29, 0.717) is 5.75 Å². The molecular formula is C18H23NOS. The van der Waals surface area contributed by atoms with Gasteiger partial charge in [-0.1, -0.05) is 45.0 Å². The van der Waals surface area contributed by atoms with E-state index in [9.17, 15) is 4.21 Å². The minimum Gasteiger partial charge on any atom is -0.399 e. The number of rotatable bonds is 3. The SMILES string of the molecule is Cc1c(N)cccc1CS(=O)c1ccc(C(C)(C)C)cc1. The smallest absolute Gasteiger partial charge is 0.0574 e. The zero-order valence-electron chi connectivity index (χ0n) is 13.1. The lowest BCUT2D eigenvalue weighted by Crippen LogP contribution is -2.11. The normalized spacial score (nSPS) is 13.1. The minimum absolute atomic E-state index is 0.116. The maximum absolute atomic E-state index is 12.5. The fraction of sp³-hybridized carbons (Fsp3) is 0.333. The number of hydrogen-bond acceptors (Lipinski definition) is 2. The van der Waals surface area contributed by atoms with Gasteiger partial charge in [-0.15, -0.1) is 0 Å². The molecule has 0 fully saturated rings. The highest BCUT2D eigenvalue weighted by Crippen LogP contribution is 2.24. The Hall–Kier alpha value is -1.61. The lowest BCUT2D eigenvalue weighted by atomic mass is 9.87. The van der Waals surface area contributed by atoms with E-state index in [-0.39, 0.29) is 5.41 Å². The molecule has 21 heavy (non-hydrogen) atoms. The van der Waals surface area contributed by atoms with Crippen LogP contribution >= 0.6 is 0 Å². The molecule has 0 heterocycles. The van der Waals surface area contributed by atoms with E-state index in [1.54, 1.807) is 0 Å². The molecule has 1 unspecified atom stereocenters. The Bertz CT molecular complexity index is 654. The van der Waals surface area contributed by atoms with Crippen molar-refractivity contribution < 1.29 is 4.21 Å². The van der Waals surface area contributed by atoms with Gasteiger partial charge in [-0.3, -0.25) is 4.21 Å². The van der Waals surface area contributed by atoms with Gasteiger partial charge in [-0.25, -0.2) is 0 Å². The number of hydrogen-bond donors (Lipinski definition) is 1. The summed E-state index contributed by atoms with van der Waals surface area (Å²) in [4.78, 5) is 0.866. The molecule has 1 atom stereocenters. The van der Waals surface area contributed by atoms with Gasteiger partial charge in [0.15, 0.2) is 0 Å². The van der Waals surface area contributed by atoms with Crippen molar-refractivity contribution in [3.63, 3.8) is 0 Å². The van der Waals surface area contributed by atoms with Crippen molar-refractivity contribution in [3.8, 4) is 0 Å². The topological polar surface area (TPSA) is 43.1 Å². The van der Waals surface area contributed by atoms with E-state index in [1.807, 2.05) is 37.3 Å². The molecular weight excluding hydrogens is 278 g/mol. The average Bonchev–Trinajstić information content (AvgIpc) is 2.43. The molecule has 2 aromatic carbocycles. The van der Waals surface area contributed by atoms with E-state index in [0.717, 1.165) is 21.7 Å². The van der Waals surface area contributed by atoms with Crippen molar-refractivity contribution in [2.45, 2.75) is 43.8 Å². The van der Waals surface area contributed by atoms with Crippen LogP contribution in [-0.2, 0) is 22.0 Å². The summed E-state index contributed by atoms with van der Waals surface area (Å²) in [6.07, 6.45) is 0. The predicted octanol–water partition coefficient (Wildman–Crippen LogP) is 4.18. The van der Waals surface area contributed by atoms with Gasteiger partial charge in [0.1, 0.15) is 0 Å². The van der Waals surface area contributed by atoms with Crippen LogP contribution in [0.4, 0.5) is 5.69 Å². The van der Waals surface area contributed by atoms with E-state index in [2.05, 4.69) is 32.9 Å². The molecule has 2 aromatic rings. The molecule has 0 aliphatic rings. The predicted molar refractivity (Wildman–Crippen MR) is 90.8 cm³/mol. The summed E-state index contributed by atoms with van der Waals surface area (Å²) in [6.45, 7) is 8.50. The Labute approximate surface area is 129 Å². The Morgan fingerprint density at radius 1 is 1.05 bits per heavy atom. The number of nitrogens with two attached hydrogens (primary N) is 1. The Kier molecular flexibility index (Phi) is 4.52. The largest absolute Gasteiger partial charge is 0.399 e. The fourth-order valence-corrected chi connectivity index (χ4v) is 3.39. The van der Waals surface area contributed by atoms with Crippen molar-refractivity contribution in [2.75, 3.05) is 5.73 Å². The Morgan fingerprint density at radius 3 is 2.24 bits per heavy atom. The number of anilines is 1. The molecule has 0 aliphatic carbocycles. The van der Waals surface area contributed by atoms with E-state index in [4.69, 9.17) is 5.73 Å². The zero-order valence-corrected chi connectivity index (χ0v) is 14.0. The third-order valence-electron chi connectivity index (χ3n) is 3.76. The third-order valence-corrected chi connectivity index (χ3v) is 5.13. The van der Waals surface area contributed by atoms with Gasteiger partial charge in [0.2, 0.25) is 0 Å². The first kappa shape index (κ1) is 15.8. The second-order valence-electron chi connectivity index (χ2n) is 6.40. The highest BCUT2D eigenvalue weighted by molar-refractivity contribution is 7.84. The summed E-state index contributed by atoms with van der Waals surface area (Å²) in [7, 11) is -1.04. The van der Waals surface area contributed by atoms with Crippen LogP contribution in [0.3, 0.4) is 0 Å². The third kappa shape index (κ3) is 3.73. The van der Waals surface area contributed by atoms with Crippen LogP contribution in [0.15, 0.2) is 47.4 Å². The summed E-state index contributed by atoms with van der Waals surface area (Å²) in [5, 5.41) is 0. The molecule has 2 rings (SSSR count). The van der Waals surface area contributed by atoms with Crippen LogP contribution in [0.25, 0.3) is 0 Å². The molecule has 0 bridgehead atoms.